The van der Waals surface area contributed by atoms with Crippen molar-refractivity contribution in [3.8, 4) is 0 Å². The number of nitrogens with one attached hydrogen (secondary N) is 2. The monoisotopic (exact) mass is 530 g/mol. The van der Waals surface area contributed by atoms with Gasteiger partial charge in [-0.25, -0.2) is 17.1 Å². The number of aliphatic imine (C=N–C) groups is 1. The second-order valence-corrected chi connectivity index (χ2v) is 9.39. The Hall–Kier alpha value is -0.590. The van der Waals surface area contributed by atoms with Crippen molar-refractivity contribution in [2.45, 2.75) is 30.7 Å². The van der Waals surface area contributed by atoms with Crippen LogP contribution < -0.4 is 10.6 Å². The minimum Gasteiger partial charge on any atom is -0.356 e. The Morgan fingerprint density at radius 1 is 1.33 bits per heavy atom. The smallest absolute Gasteiger partial charge is 0.213 e. The molecule has 0 aliphatic carbocycles. The summed E-state index contributed by atoms with van der Waals surface area (Å²) in [7, 11) is -1.40. The predicted molar refractivity (Wildman–Crippen MR) is 121 cm³/mol. The van der Waals surface area contributed by atoms with Crippen molar-refractivity contribution in [3.63, 3.8) is 0 Å². The SMILES string of the molecule is CCS(=O)(=O)N1CCC(NC(=NC)NCCSc2ccccc2F)CC1.I. The molecule has 27 heavy (non-hydrogen) atoms. The second kappa shape index (κ2) is 12.1. The van der Waals surface area contributed by atoms with Crippen molar-refractivity contribution < 1.29 is 12.8 Å². The number of piperidine rings is 1. The highest BCUT2D eigenvalue weighted by atomic mass is 127. The van der Waals surface area contributed by atoms with Crippen LogP contribution in [0.15, 0.2) is 34.2 Å². The highest BCUT2D eigenvalue weighted by Crippen LogP contribution is 2.20. The predicted octanol–water partition coefficient (Wildman–Crippen LogP) is 2.51. The number of hydrogen-bond donors (Lipinski definition) is 2. The quantitative estimate of drug-likeness (QED) is 0.186. The van der Waals surface area contributed by atoms with Crippen LogP contribution in [0.2, 0.25) is 0 Å². The van der Waals surface area contributed by atoms with E-state index in [1.807, 2.05) is 6.07 Å². The lowest BCUT2D eigenvalue weighted by Gasteiger charge is -2.32. The molecule has 1 saturated heterocycles. The minimum atomic E-state index is -3.10. The van der Waals surface area contributed by atoms with E-state index < -0.39 is 10.0 Å². The third-order valence-corrected chi connectivity index (χ3v) is 7.20. The Balaban J connectivity index is 0.00000364. The van der Waals surface area contributed by atoms with Crippen LogP contribution >= 0.6 is 35.7 Å². The van der Waals surface area contributed by atoms with E-state index in [1.165, 1.54) is 17.8 Å². The van der Waals surface area contributed by atoms with Gasteiger partial charge in [-0.3, -0.25) is 4.99 Å². The Labute approximate surface area is 182 Å². The Kier molecular flexibility index (Phi) is 10.9. The zero-order valence-corrected chi connectivity index (χ0v) is 19.6. The van der Waals surface area contributed by atoms with Gasteiger partial charge in [-0.2, -0.15) is 0 Å². The molecular formula is C17H28FIN4O2S2. The van der Waals surface area contributed by atoms with Gasteiger partial charge in [0.15, 0.2) is 5.96 Å². The number of guanidine groups is 1. The third-order valence-electron chi connectivity index (χ3n) is 4.27. The number of halogens is 2. The van der Waals surface area contributed by atoms with Crippen molar-refractivity contribution in [2.75, 3.05) is 38.2 Å². The number of nitrogens with zero attached hydrogens (tertiary/aromatic N) is 2. The second-order valence-electron chi connectivity index (χ2n) is 6.00. The molecular weight excluding hydrogens is 502 g/mol. The van der Waals surface area contributed by atoms with Gasteiger partial charge in [-0.15, -0.1) is 35.7 Å². The van der Waals surface area contributed by atoms with Crippen molar-refractivity contribution in [3.05, 3.63) is 30.1 Å². The van der Waals surface area contributed by atoms with Crippen LogP contribution in [0.25, 0.3) is 0 Å². The molecule has 6 nitrogen and oxygen atoms in total. The highest BCUT2D eigenvalue weighted by Gasteiger charge is 2.26. The van der Waals surface area contributed by atoms with E-state index in [2.05, 4.69) is 15.6 Å². The van der Waals surface area contributed by atoms with Crippen LogP contribution in [0.4, 0.5) is 4.39 Å². The average Bonchev–Trinajstić information content (AvgIpc) is 2.66. The van der Waals surface area contributed by atoms with Gasteiger partial charge in [-0.05, 0) is 31.9 Å². The van der Waals surface area contributed by atoms with Gasteiger partial charge in [0.05, 0.1) is 5.75 Å². The van der Waals surface area contributed by atoms with E-state index >= 15 is 0 Å². The topological polar surface area (TPSA) is 73.8 Å². The maximum absolute atomic E-state index is 13.6. The van der Waals surface area contributed by atoms with Crippen LogP contribution in [-0.4, -0.2) is 62.9 Å². The van der Waals surface area contributed by atoms with Crippen LogP contribution in [0.1, 0.15) is 19.8 Å². The summed E-state index contributed by atoms with van der Waals surface area (Å²) in [4.78, 5) is 4.85. The van der Waals surface area contributed by atoms with E-state index in [9.17, 15) is 12.8 Å². The van der Waals surface area contributed by atoms with Crippen molar-refractivity contribution >= 4 is 51.7 Å². The lowest BCUT2D eigenvalue weighted by molar-refractivity contribution is 0.306. The molecule has 154 valence electrons. The summed E-state index contributed by atoms with van der Waals surface area (Å²) in [6.07, 6.45) is 1.51. The van der Waals surface area contributed by atoms with Gasteiger partial charge >= 0.3 is 0 Å². The molecule has 1 aromatic carbocycles. The molecule has 0 bridgehead atoms. The van der Waals surface area contributed by atoms with E-state index in [1.54, 1.807) is 30.4 Å². The third kappa shape index (κ3) is 7.74. The molecule has 0 saturated carbocycles. The number of rotatable bonds is 7. The molecule has 10 heteroatoms. The summed E-state index contributed by atoms with van der Waals surface area (Å²) in [5, 5.41) is 6.56. The van der Waals surface area contributed by atoms with E-state index in [0.717, 1.165) is 18.6 Å². The van der Waals surface area contributed by atoms with Crippen molar-refractivity contribution in [1.29, 1.82) is 0 Å². The lowest BCUT2D eigenvalue weighted by atomic mass is 10.1. The summed E-state index contributed by atoms with van der Waals surface area (Å²) >= 11 is 1.46. The molecule has 0 radical (unpaired) electrons. The largest absolute Gasteiger partial charge is 0.356 e. The Bertz CT molecular complexity index is 711. The van der Waals surface area contributed by atoms with Gasteiger partial charge in [0, 0.05) is 43.4 Å². The average molecular weight is 530 g/mol. The molecule has 0 unspecified atom stereocenters. The van der Waals surface area contributed by atoms with Gasteiger partial charge in [-0.1, -0.05) is 12.1 Å². The van der Waals surface area contributed by atoms with Crippen LogP contribution in [0, 0.1) is 5.82 Å². The summed E-state index contributed by atoms with van der Waals surface area (Å²) in [5.74, 6) is 1.35. The Morgan fingerprint density at radius 3 is 2.59 bits per heavy atom. The highest BCUT2D eigenvalue weighted by molar-refractivity contribution is 14.0. The number of thioether (sulfide) groups is 1. The summed E-state index contributed by atoms with van der Waals surface area (Å²) in [6.45, 7) is 3.40. The van der Waals surface area contributed by atoms with Crippen LogP contribution in [0.5, 0.6) is 0 Å². The van der Waals surface area contributed by atoms with Crippen molar-refractivity contribution in [1.82, 2.24) is 14.9 Å². The molecule has 1 fully saturated rings. The van der Waals surface area contributed by atoms with E-state index in [-0.39, 0.29) is 41.6 Å². The molecule has 0 aromatic heterocycles. The number of hydrogen-bond acceptors (Lipinski definition) is 4. The molecule has 1 aliphatic rings. The maximum atomic E-state index is 13.6. The zero-order valence-electron chi connectivity index (χ0n) is 15.7. The summed E-state index contributed by atoms with van der Waals surface area (Å²) in [6, 6.07) is 6.93. The molecule has 0 amide bonds. The zero-order chi connectivity index (χ0) is 19.0. The van der Waals surface area contributed by atoms with Gasteiger partial charge in [0.1, 0.15) is 5.82 Å². The standard InChI is InChI=1S/C17H27FN4O2S2.HI/c1-3-26(23,24)22-11-8-14(9-12-22)21-17(19-2)20-10-13-25-16-7-5-4-6-15(16)18;/h4-7,14H,3,8-13H2,1-2H3,(H2,19,20,21);1H. The molecule has 0 atom stereocenters. The summed E-state index contributed by atoms with van der Waals surface area (Å²) < 4.78 is 38.9. The van der Waals surface area contributed by atoms with E-state index in [4.69, 9.17) is 0 Å². The molecule has 1 aromatic rings. The minimum absolute atomic E-state index is 0. The fourth-order valence-electron chi connectivity index (χ4n) is 2.74. The lowest BCUT2D eigenvalue weighted by Crippen LogP contribution is -2.50. The van der Waals surface area contributed by atoms with Gasteiger partial charge < -0.3 is 10.6 Å². The number of sulfonamides is 1. The van der Waals surface area contributed by atoms with Gasteiger partial charge in [0.25, 0.3) is 0 Å². The molecule has 0 spiro atoms. The first-order valence-electron chi connectivity index (χ1n) is 8.78. The first-order valence-corrected chi connectivity index (χ1v) is 11.4. The van der Waals surface area contributed by atoms with Crippen LogP contribution in [-0.2, 0) is 10.0 Å². The first kappa shape index (κ1) is 24.4. The first-order chi connectivity index (χ1) is 12.5. The summed E-state index contributed by atoms with van der Waals surface area (Å²) in [5.41, 5.74) is 0. The fourth-order valence-corrected chi connectivity index (χ4v) is 4.68. The van der Waals surface area contributed by atoms with Crippen LogP contribution in [0.3, 0.4) is 0 Å². The normalized spacial score (nSPS) is 16.6. The van der Waals surface area contributed by atoms with E-state index in [0.29, 0.717) is 30.5 Å². The number of benzene rings is 1. The Morgan fingerprint density at radius 2 is 2.00 bits per heavy atom. The van der Waals surface area contributed by atoms with Crippen molar-refractivity contribution in [2.24, 2.45) is 4.99 Å². The maximum Gasteiger partial charge on any atom is 0.213 e. The molecule has 2 rings (SSSR count). The molecule has 2 N–H and O–H groups in total. The molecule has 1 aliphatic heterocycles. The molecule has 1 heterocycles. The van der Waals surface area contributed by atoms with Gasteiger partial charge in [0.2, 0.25) is 10.0 Å². The fraction of sp³-hybridized carbons (Fsp3) is 0.588.